The molecule has 0 aliphatic carbocycles. The molecule has 2 heterocycles. The molecule has 2 amide bonds. The molecule has 0 radical (unpaired) electrons. The Kier molecular flexibility index (Phi) is 7.61. The van der Waals surface area contributed by atoms with Crippen LogP contribution in [0.1, 0.15) is 42.1 Å². The SMILES string of the molecule is Cc1ccc(C)c(NC(=O)Cc2nc(CN3CCCN(C(=O)C(C)C)CC3)cs2)c1. The third-order valence-corrected chi connectivity index (χ3v) is 6.26. The molecule has 1 saturated heterocycles. The molecule has 1 aliphatic rings. The highest BCUT2D eigenvalue weighted by Gasteiger charge is 2.21. The largest absolute Gasteiger partial charge is 0.341 e. The number of carbonyl (C=O) groups excluding carboxylic acids is 2. The van der Waals surface area contributed by atoms with E-state index in [1.165, 1.54) is 11.3 Å². The first-order valence-corrected chi connectivity index (χ1v) is 11.5. The molecule has 0 atom stereocenters. The number of nitrogens with one attached hydrogen (secondary N) is 1. The lowest BCUT2D eigenvalue weighted by Gasteiger charge is -2.23. The van der Waals surface area contributed by atoms with E-state index in [4.69, 9.17) is 0 Å². The van der Waals surface area contributed by atoms with Crippen LogP contribution in [-0.4, -0.2) is 52.8 Å². The molecule has 0 spiro atoms. The Morgan fingerprint density at radius 1 is 1.17 bits per heavy atom. The fourth-order valence-electron chi connectivity index (χ4n) is 3.65. The van der Waals surface area contributed by atoms with E-state index in [0.29, 0.717) is 0 Å². The van der Waals surface area contributed by atoms with Crippen LogP contribution in [0, 0.1) is 19.8 Å². The molecule has 6 nitrogen and oxygen atoms in total. The molecular formula is C23H32N4O2S. The minimum atomic E-state index is -0.0396. The zero-order chi connectivity index (χ0) is 21.7. The van der Waals surface area contributed by atoms with Crippen LogP contribution in [0.2, 0.25) is 0 Å². The zero-order valence-corrected chi connectivity index (χ0v) is 19.2. The topological polar surface area (TPSA) is 65.5 Å². The molecule has 3 rings (SSSR count). The number of aryl methyl sites for hydroxylation is 2. The molecule has 0 bridgehead atoms. The van der Waals surface area contributed by atoms with E-state index in [1.54, 1.807) is 0 Å². The van der Waals surface area contributed by atoms with Crippen LogP contribution in [0.25, 0.3) is 0 Å². The summed E-state index contributed by atoms with van der Waals surface area (Å²) in [5.74, 6) is 0.247. The van der Waals surface area contributed by atoms with Gasteiger partial charge in [-0.25, -0.2) is 4.98 Å². The Balaban J connectivity index is 1.52. The second-order valence-corrected chi connectivity index (χ2v) is 9.33. The fourth-order valence-corrected chi connectivity index (χ4v) is 4.43. The predicted molar refractivity (Wildman–Crippen MR) is 122 cm³/mol. The van der Waals surface area contributed by atoms with Crippen molar-refractivity contribution in [1.29, 1.82) is 0 Å². The molecule has 1 N–H and O–H groups in total. The van der Waals surface area contributed by atoms with Crippen molar-refractivity contribution in [3.63, 3.8) is 0 Å². The van der Waals surface area contributed by atoms with Crippen molar-refractivity contribution in [2.24, 2.45) is 5.92 Å². The van der Waals surface area contributed by atoms with Crippen molar-refractivity contribution in [3.05, 3.63) is 45.4 Å². The van der Waals surface area contributed by atoms with Crippen molar-refractivity contribution in [2.45, 2.75) is 47.1 Å². The van der Waals surface area contributed by atoms with Crippen LogP contribution < -0.4 is 5.32 Å². The van der Waals surface area contributed by atoms with Gasteiger partial charge < -0.3 is 10.2 Å². The molecule has 1 aromatic heterocycles. The first kappa shape index (κ1) is 22.4. The van der Waals surface area contributed by atoms with E-state index in [2.05, 4.69) is 15.2 Å². The molecule has 0 saturated carbocycles. The maximum absolute atomic E-state index is 12.5. The van der Waals surface area contributed by atoms with Gasteiger partial charge in [0.1, 0.15) is 5.01 Å². The number of anilines is 1. The summed E-state index contributed by atoms with van der Waals surface area (Å²) in [6, 6.07) is 6.05. The van der Waals surface area contributed by atoms with Crippen LogP contribution in [0.15, 0.2) is 23.6 Å². The van der Waals surface area contributed by atoms with Gasteiger partial charge in [-0.2, -0.15) is 0 Å². The summed E-state index contributed by atoms with van der Waals surface area (Å²) in [5, 5.41) is 5.88. The summed E-state index contributed by atoms with van der Waals surface area (Å²) in [6.07, 6.45) is 1.27. The maximum Gasteiger partial charge on any atom is 0.231 e. The standard InChI is InChI=1S/C23H32N4O2S/c1-16(2)23(29)27-9-5-8-26(10-11-27)14-19-15-30-22(24-19)13-21(28)25-20-12-17(3)6-7-18(20)4/h6-7,12,15-16H,5,8-11,13-14H2,1-4H3,(H,25,28). The van der Waals surface area contributed by atoms with E-state index in [0.717, 1.165) is 66.7 Å². The van der Waals surface area contributed by atoms with Gasteiger partial charge in [-0.05, 0) is 37.5 Å². The van der Waals surface area contributed by atoms with Gasteiger partial charge in [0.05, 0.1) is 12.1 Å². The Morgan fingerprint density at radius 3 is 2.73 bits per heavy atom. The minimum Gasteiger partial charge on any atom is -0.341 e. The van der Waals surface area contributed by atoms with Gasteiger partial charge in [0.25, 0.3) is 0 Å². The zero-order valence-electron chi connectivity index (χ0n) is 18.4. The van der Waals surface area contributed by atoms with Gasteiger partial charge in [0.2, 0.25) is 11.8 Å². The van der Waals surface area contributed by atoms with Crippen LogP contribution in [0.5, 0.6) is 0 Å². The van der Waals surface area contributed by atoms with Crippen molar-refractivity contribution in [3.8, 4) is 0 Å². The van der Waals surface area contributed by atoms with Gasteiger partial charge in [-0.15, -0.1) is 11.3 Å². The summed E-state index contributed by atoms with van der Waals surface area (Å²) < 4.78 is 0. The number of benzene rings is 1. The molecule has 30 heavy (non-hydrogen) atoms. The second-order valence-electron chi connectivity index (χ2n) is 8.39. The Bertz CT molecular complexity index is 893. The number of carbonyl (C=O) groups is 2. The Hall–Kier alpha value is -2.25. The Morgan fingerprint density at radius 2 is 1.97 bits per heavy atom. The van der Waals surface area contributed by atoms with Gasteiger partial charge >= 0.3 is 0 Å². The Labute approximate surface area is 183 Å². The number of rotatable bonds is 6. The first-order chi connectivity index (χ1) is 14.3. The van der Waals surface area contributed by atoms with Crippen LogP contribution in [0.4, 0.5) is 5.69 Å². The lowest BCUT2D eigenvalue weighted by Crippen LogP contribution is -2.37. The van der Waals surface area contributed by atoms with E-state index in [1.807, 2.05) is 56.2 Å². The summed E-state index contributed by atoms with van der Waals surface area (Å²) in [5.41, 5.74) is 4.04. The number of aromatic nitrogens is 1. The lowest BCUT2D eigenvalue weighted by molar-refractivity contribution is -0.134. The molecule has 1 fully saturated rings. The number of hydrogen-bond donors (Lipinski definition) is 1. The second kappa shape index (κ2) is 10.2. The van der Waals surface area contributed by atoms with Crippen molar-refractivity contribution in [2.75, 3.05) is 31.5 Å². The molecule has 1 aliphatic heterocycles. The van der Waals surface area contributed by atoms with E-state index >= 15 is 0 Å². The maximum atomic E-state index is 12.5. The van der Waals surface area contributed by atoms with E-state index in [-0.39, 0.29) is 24.2 Å². The van der Waals surface area contributed by atoms with Crippen LogP contribution >= 0.6 is 11.3 Å². The fraction of sp³-hybridized carbons (Fsp3) is 0.522. The van der Waals surface area contributed by atoms with Gasteiger partial charge in [-0.1, -0.05) is 26.0 Å². The summed E-state index contributed by atoms with van der Waals surface area (Å²) >= 11 is 1.54. The monoisotopic (exact) mass is 428 g/mol. The summed E-state index contributed by atoms with van der Waals surface area (Å²) in [7, 11) is 0. The summed E-state index contributed by atoms with van der Waals surface area (Å²) in [6.45, 7) is 12.1. The normalized spacial score (nSPS) is 15.3. The van der Waals surface area contributed by atoms with Crippen LogP contribution in [-0.2, 0) is 22.6 Å². The van der Waals surface area contributed by atoms with Crippen LogP contribution in [0.3, 0.4) is 0 Å². The van der Waals surface area contributed by atoms with Gasteiger partial charge in [-0.3, -0.25) is 14.5 Å². The molecule has 7 heteroatoms. The van der Waals surface area contributed by atoms with E-state index < -0.39 is 0 Å². The van der Waals surface area contributed by atoms with Crippen molar-refractivity contribution >= 4 is 28.8 Å². The summed E-state index contributed by atoms with van der Waals surface area (Å²) in [4.78, 5) is 33.7. The molecule has 162 valence electrons. The number of hydrogen-bond acceptors (Lipinski definition) is 5. The highest BCUT2D eigenvalue weighted by atomic mass is 32.1. The highest BCUT2D eigenvalue weighted by Crippen LogP contribution is 2.18. The quantitative estimate of drug-likeness (QED) is 0.763. The predicted octanol–water partition coefficient (Wildman–Crippen LogP) is 3.63. The molecule has 2 aromatic rings. The average molecular weight is 429 g/mol. The number of amides is 2. The third kappa shape index (κ3) is 6.12. The van der Waals surface area contributed by atoms with E-state index in [9.17, 15) is 9.59 Å². The highest BCUT2D eigenvalue weighted by molar-refractivity contribution is 7.09. The average Bonchev–Trinajstić information content (AvgIpc) is 2.99. The third-order valence-electron chi connectivity index (χ3n) is 5.36. The number of thiazole rings is 1. The minimum absolute atomic E-state index is 0.0396. The smallest absolute Gasteiger partial charge is 0.231 e. The van der Waals surface area contributed by atoms with Gasteiger partial charge in [0.15, 0.2) is 0 Å². The lowest BCUT2D eigenvalue weighted by atomic mass is 10.1. The first-order valence-electron chi connectivity index (χ1n) is 10.6. The molecular weight excluding hydrogens is 396 g/mol. The van der Waals surface area contributed by atoms with Crippen molar-refractivity contribution < 1.29 is 9.59 Å². The molecule has 1 aromatic carbocycles. The molecule has 0 unspecified atom stereocenters. The van der Waals surface area contributed by atoms with Gasteiger partial charge in [0, 0.05) is 49.7 Å². The van der Waals surface area contributed by atoms with Crippen molar-refractivity contribution in [1.82, 2.24) is 14.8 Å². The number of nitrogens with zero attached hydrogens (tertiary/aromatic N) is 3.